The summed E-state index contributed by atoms with van der Waals surface area (Å²) >= 11 is 0. The van der Waals surface area contributed by atoms with E-state index in [1.807, 2.05) is 0 Å². The van der Waals surface area contributed by atoms with Gasteiger partial charge < -0.3 is 64.6 Å². The summed E-state index contributed by atoms with van der Waals surface area (Å²) in [6.45, 7) is -1.54. The molecule has 0 spiro atoms. The van der Waals surface area contributed by atoms with E-state index in [2.05, 4.69) is 0 Å². The summed E-state index contributed by atoms with van der Waals surface area (Å²) in [6.07, 6.45) is -17.0. The van der Waals surface area contributed by atoms with Gasteiger partial charge in [-0.05, 0) is 0 Å². The maximum atomic E-state index is 13.2. The van der Waals surface area contributed by atoms with E-state index in [1.165, 1.54) is 0 Å². The van der Waals surface area contributed by atoms with Gasteiger partial charge >= 0.3 is 0 Å². The zero-order valence-corrected chi connectivity index (χ0v) is 21.3. The molecule has 0 aliphatic carbocycles. The molecule has 0 unspecified atom stereocenters. The van der Waals surface area contributed by atoms with Gasteiger partial charge in [-0.3, -0.25) is 4.79 Å². The monoisotopic (exact) mass is 578 g/mol. The van der Waals surface area contributed by atoms with Crippen molar-refractivity contribution in [2.75, 3.05) is 13.2 Å². The summed E-state index contributed by atoms with van der Waals surface area (Å²) in [5, 5.41) is 92.5. The number of fused-ring (bicyclic) bond motifs is 1. The molecule has 0 bridgehead atoms. The van der Waals surface area contributed by atoms with Gasteiger partial charge in [0.25, 0.3) is 0 Å². The van der Waals surface area contributed by atoms with Gasteiger partial charge in [-0.15, -0.1) is 0 Å². The molecule has 14 heteroatoms. The van der Waals surface area contributed by atoms with Crippen LogP contribution >= 0.6 is 0 Å². The number of benzene rings is 2. The number of ether oxygens (including phenoxy) is 3. The van der Waals surface area contributed by atoms with E-state index in [0.717, 1.165) is 12.1 Å². The predicted octanol–water partition coefficient (Wildman–Crippen LogP) is -2.14. The molecule has 0 amide bonds. The number of aliphatic hydroxyl groups excluding tert-OH is 8. The molecule has 5 rings (SSSR count). The zero-order valence-electron chi connectivity index (χ0n) is 21.3. The highest BCUT2D eigenvalue weighted by Gasteiger charge is 2.48. The number of aliphatic hydroxyl groups is 8. The van der Waals surface area contributed by atoms with Crippen molar-refractivity contribution < 1.29 is 64.6 Å². The van der Waals surface area contributed by atoms with Gasteiger partial charge in [-0.1, -0.05) is 30.3 Å². The molecule has 2 aromatic carbocycles. The summed E-state index contributed by atoms with van der Waals surface area (Å²) in [5.41, 5.74) is -0.874. The van der Waals surface area contributed by atoms with Crippen molar-refractivity contribution in [1.82, 2.24) is 0 Å². The van der Waals surface area contributed by atoms with Gasteiger partial charge in [0.1, 0.15) is 77.6 Å². The summed E-state index contributed by atoms with van der Waals surface area (Å²) in [7, 11) is 0. The lowest BCUT2D eigenvalue weighted by atomic mass is 9.89. The molecule has 222 valence electrons. The number of rotatable bonds is 6. The second kappa shape index (κ2) is 11.6. The van der Waals surface area contributed by atoms with Crippen LogP contribution in [-0.2, 0) is 9.47 Å². The highest BCUT2D eigenvalue weighted by atomic mass is 16.7. The van der Waals surface area contributed by atoms with Crippen molar-refractivity contribution in [3.8, 4) is 22.8 Å². The van der Waals surface area contributed by atoms with E-state index in [0.29, 0.717) is 5.56 Å². The fourth-order valence-electron chi connectivity index (χ4n) is 5.05. The lowest BCUT2D eigenvalue weighted by Gasteiger charge is -2.42. The molecule has 14 nitrogen and oxygen atoms in total. The standard InChI is InChI=1S/C27H30O14/c28-8-15-19(32)21(34)23(36)26(39-15)18-14(40-27-24(37)22(35)20(33)16(9-29)41-27)7-12(31)17-11(30)6-13(38-25(17)18)10-4-2-1-3-5-10/h1-7,15-16,19-24,26-29,31-37H,8-9H2/t15-,16-,19-,20-,21+,22+,23-,24-,26+,27-/m1/s1. The lowest BCUT2D eigenvalue weighted by Crippen LogP contribution is -2.60. The van der Waals surface area contributed by atoms with Crippen LogP contribution in [0.1, 0.15) is 11.7 Å². The number of aromatic hydroxyl groups is 1. The fraction of sp³-hybridized carbons (Fsp3) is 0.444. The van der Waals surface area contributed by atoms with E-state index >= 15 is 0 Å². The van der Waals surface area contributed by atoms with Crippen LogP contribution in [0.2, 0.25) is 0 Å². The normalized spacial score (nSPS) is 34.0. The smallest absolute Gasteiger partial charge is 0.229 e. The van der Waals surface area contributed by atoms with E-state index in [1.54, 1.807) is 30.3 Å². The Balaban J connectivity index is 1.73. The first-order valence-corrected chi connectivity index (χ1v) is 12.7. The predicted molar refractivity (Wildman–Crippen MR) is 137 cm³/mol. The quantitative estimate of drug-likeness (QED) is 0.152. The second-order valence-corrected chi connectivity index (χ2v) is 9.92. The maximum Gasteiger partial charge on any atom is 0.229 e. The number of phenols is 1. The SMILES string of the molecule is O=c1cc(-c2ccccc2)oc2c([C@@H]3O[C@H](CO)[C@@H](O)[C@H](O)[C@H]3O)c(O[C@@H]3O[C@H](CO)[C@@H](O)[C@H](O)[C@H]3O)cc(O)c12. The Labute approximate surface area is 231 Å². The molecular weight excluding hydrogens is 548 g/mol. The molecule has 41 heavy (non-hydrogen) atoms. The van der Waals surface area contributed by atoms with Crippen LogP contribution in [0.25, 0.3) is 22.3 Å². The van der Waals surface area contributed by atoms with Crippen LogP contribution in [0.15, 0.2) is 51.7 Å². The summed E-state index contributed by atoms with van der Waals surface area (Å²) in [4.78, 5) is 13.2. The first-order valence-electron chi connectivity index (χ1n) is 12.7. The molecule has 3 aromatic rings. The summed E-state index contributed by atoms with van der Waals surface area (Å²) in [5.74, 6) is -1.03. The minimum absolute atomic E-state index is 0.0401. The topological polar surface area (TPSA) is 240 Å². The molecule has 9 N–H and O–H groups in total. The Bertz CT molecular complexity index is 1420. The zero-order chi connectivity index (χ0) is 29.6. The number of hydrogen-bond acceptors (Lipinski definition) is 14. The molecular formula is C27H30O14. The largest absolute Gasteiger partial charge is 0.507 e. The average molecular weight is 579 g/mol. The molecule has 0 radical (unpaired) electrons. The van der Waals surface area contributed by atoms with Gasteiger partial charge in [0.2, 0.25) is 6.29 Å². The van der Waals surface area contributed by atoms with Crippen LogP contribution in [-0.4, -0.2) is 114 Å². The third-order valence-corrected chi connectivity index (χ3v) is 7.31. The van der Waals surface area contributed by atoms with Gasteiger partial charge in [-0.25, -0.2) is 0 Å². The average Bonchev–Trinajstić information content (AvgIpc) is 2.97. The molecule has 10 atom stereocenters. The van der Waals surface area contributed by atoms with Crippen molar-refractivity contribution in [3.05, 3.63) is 58.3 Å². The molecule has 2 fully saturated rings. The maximum absolute atomic E-state index is 13.2. The van der Waals surface area contributed by atoms with E-state index < -0.39 is 91.4 Å². The molecule has 2 aliphatic heterocycles. The van der Waals surface area contributed by atoms with Crippen molar-refractivity contribution >= 4 is 11.0 Å². The Morgan fingerprint density at radius 3 is 2.00 bits per heavy atom. The van der Waals surface area contributed by atoms with E-state index in [4.69, 9.17) is 18.6 Å². The molecule has 3 heterocycles. The van der Waals surface area contributed by atoms with Crippen LogP contribution in [0.4, 0.5) is 0 Å². The van der Waals surface area contributed by atoms with Crippen LogP contribution in [0.3, 0.4) is 0 Å². The molecule has 2 saturated heterocycles. The first-order chi connectivity index (χ1) is 19.6. The first kappa shape index (κ1) is 29.3. The lowest BCUT2D eigenvalue weighted by molar-refractivity contribution is -0.278. The Kier molecular flexibility index (Phi) is 8.31. The Hall–Kier alpha value is -3.15. The summed E-state index contributed by atoms with van der Waals surface area (Å²) in [6, 6.07) is 10.5. The van der Waals surface area contributed by atoms with E-state index in [9.17, 15) is 50.8 Å². The van der Waals surface area contributed by atoms with Crippen LogP contribution in [0, 0.1) is 0 Å². The Morgan fingerprint density at radius 2 is 1.37 bits per heavy atom. The molecule has 1 aromatic heterocycles. The van der Waals surface area contributed by atoms with Crippen LogP contribution < -0.4 is 10.2 Å². The highest BCUT2D eigenvalue weighted by molar-refractivity contribution is 5.89. The van der Waals surface area contributed by atoms with Crippen LogP contribution in [0.5, 0.6) is 11.5 Å². The Morgan fingerprint density at radius 1 is 0.756 bits per heavy atom. The fourth-order valence-corrected chi connectivity index (χ4v) is 5.05. The van der Waals surface area contributed by atoms with Gasteiger partial charge in [0.05, 0.1) is 18.8 Å². The minimum atomic E-state index is -1.89. The van der Waals surface area contributed by atoms with Crippen molar-refractivity contribution in [2.24, 2.45) is 0 Å². The van der Waals surface area contributed by atoms with Crippen molar-refractivity contribution in [2.45, 2.75) is 61.2 Å². The highest BCUT2D eigenvalue weighted by Crippen LogP contribution is 2.45. The summed E-state index contributed by atoms with van der Waals surface area (Å²) < 4.78 is 23.0. The van der Waals surface area contributed by atoms with Crippen molar-refractivity contribution in [3.63, 3.8) is 0 Å². The van der Waals surface area contributed by atoms with Crippen molar-refractivity contribution in [1.29, 1.82) is 0 Å². The number of phenolic OH excluding ortho intramolecular Hbond substituents is 1. The van der Waals surface area contributed by atoms with Gasteiger partial charge in [-0.2, -0.15) is 0 Å². The van der Waals surface area contributed by atoms with Gasteiger partial charge in [0.15, 0.2) is 11.0 Å². The van der Waals surface area contributed by atoms with Gasteiger partial charge in [0, 0.05) is 17.7 Å². The molecule has 0 saturated carbocycles. The molecule has 2 aliphatic rings. The second-order valence-electron chi connectivity index (χ2n) is 9.92. The number of hydrogen-bond donors (Lipinski definition) is 9. The third kappa shape index (κ3) is 5.19. The van der Waals surface area contributed by atoms with E-state index in [-0.39, 0.29) is 22.3 Å². The third-order valence-electron chi connectivity index (χ3n) is 7.31. The minimum Gasteiger partial charge on any atom is -0.507 e.